The number of carbonyl (C=O) groups excluding carboxylic acids is 2. The Morgan fingerprint density at radius 2 is 1.56 bits per heavy atom. The molecule has 0 aliphatic heterocycles. The molecule has 0 saturated carbocycles. The highest BCUT2D eigenvalue weighted by molar-refractivity contribution is 5.88. The van der Waals surface area contributed by atoms with E-state index in [1.165, 1.54) is 24.3 Å². The van der Waals surface area contributed by atoms with Crippen LogP contribution in [0.5, 0.6) is 11.5 Å². The maximum Gasteiger partial charge on any atom is 0.383 e. The van der Waals surface area contributed by atoms with Crippen molar-refractivity contribution in [3.05, 3.63) is 96.4 Å². The number of benzene rings is 2. The molecule has 10 heteroatoms. The maximum absolute atomic E-state index is 12.4. The van der Waals surface area contributed by atoms with Crippen molar-refractivity contribution >= 4 is 11.9 Å². The lowest BCUT2D eigenvalue weighted by Gasteiger charge is -2.08. The van der Waals surface area contributed by atoms with Crippen molar-refractivity contribution in [1.82, 2.24) is 30.4 Å². The van der Waals surface area contributed by atoms with E-state index < -0.39 is 11.9 Å². The Morgan fingerprint density at radius 3 is 2.26 bits per heavy atom. The summed E-state index contributed by atoms with van der Waals surface area (Å²) in [5.74, 6) is 0.0465. The molecular formula is C24H18N6O4. The van der Waals surface area contributed by atoms with E-state index in [9.17, 15) is 9.59 Å². The van der Waals surface area contributed by atoms with Crippen molar-refractivity contribution in [3.8, 4) is 22.9 Å². The molecule has 34 heavy (non-hydrogen) atoms. The smallest absolute Gasteiger partial charge is 0.383 e. The number of nitrogens with zero attached hydrogens (tertiary/aromatic N) is 4. The summed E-state index contributed by atoms with van der Waals surface area (Å²) in [6, 6.07) is 15.2. The van der Waals surface area contributed by atoms with Gasteiger partial charge in [0.15, 0.2) is 5.82 Å². The number of carbonyl (C=O) groups is 2. The Hall–Kier alpha value is -4.86. The number of hydrogen-bond donors (Lipinski definition) is 2. The average molecular weight is 454 g/mol. The van der Waals surface area contributed by atoms with Gasteiger partial charge >= 0.3 is 11.9 Å². The predicted molar refractivity (Wildman–Crippen MR) is 120 cm³/mol. The minimum absolute atomic E-state index is 0.0296. The normalized spacial score (nSPS) is 14.6. The molecule has 10 nitrogen and oxygen atoms in total. The lowest BCUT2D eigenvalue weighted by Crippen LogP contribution is -2.12. The molecule has 1 unspecified atom stereocenters. The van der Waals surface area contributed by atoms with Gasteiger partial charge in [0, 0.05) is 11.5 Å². The van der Waals surface area contributed by atoms with Crippen LogP contribution in [-0.2, 0) is 0 Å². The van der Waals surface area contributed by atoms with Gasteiger partial charge in [0.25, 0.3) is 5.82 Å². The molecule has 4 aromatic rings. The first-order valence-corrected chi connectivity index (χ1v) is 10.4. The number of rotatable bonds is 6. The number of allylic oxidation sites excluding steroid dienone is 4. The first-order chi connectivity index (χ1) is 16.7. The summed E-state index contributed by atoms with van der Waals surface area (Å²) in [7, 11) is 0. The Bertz CT molecular complexity index is 1370. The number of nitrogens with one attached hydrogen (secondary N) is 2. The lowest BCUT2D eigenvalue weighted by atomic mass is 10.0. The van der Waals surface area contributed by atoms with E-state index in [-0.39, 0.29) is 29.1 Å². The van der Waals surface area contributed by atoms with E-state index in [1.807, 2.05) is 54.6 Å². The molecular weight excluding hydrogens is 436 g/mol. The molecule has 0 saturated heterocycles. The summed E-state index contributed by atoms with van der Waals surface area (Å²) in [5, 5.41) is 13.3. The largest absolute Gasteiger partial charge is 0.421 e. The van der Waals surface area contributed by atoms with Crippen LogP contribution in [0.25, 0.3) is 11.4 Å². The van der Waals surface area contributed by atoms with Crippen molar-refractivity contribution < 1.29 is 19.1 Å². The molecule has 2 aromatic heterocycles. The number of aromatic nitrogens is 6. The number of esters is 2. The molecule has 0 fully saturated rings. The fourth-order valence-electron chi connectivity index (χ4n) is 3.27. The summed E-state index contributed by atoms with van der Waals surface area (Å²) < 4.78 is 10.6. The number of ether oxygens (including phenoxy) is 2. The van der Waals surface area contributed by atoms with Gasteiger partial charge in [-0.25, -0.2) is 19.6 Å². The quantitative estimate of drug-likeness (QED) is 0.333. The highest BCUT2D eigenvalue weighted by Gasteiger charge is 2.20. The third-order valence-corrected chi connectivity index (χ3v) is 4.97. The SMILES string of the molecule is O=C(Oc1ccc(OC(=O)c2nc(-c3ccccc3)n[nH]2)cc1)c1n[nH]c(C2C=CC=CC2)n1. The zero-order valence-electron chi connectivity index (χ0n) is 17.7. The molecule has 2 aromatic carbocycles. The molecule has 1 aliphatic rings. The molecule has 2 N–H and O–H groups in total. The first kappa shape index (κ1) is 21.0. The number of H-pyrrole nitrogens is 2. The van der Waals surface area contributed by atoms with E-state index in [2.05, 4.69) is 30.4 Å². The van der Waals surface area contributed by atoms with Gasteiger partial charge in [0.1, 0.15) is 17.3 Å². The van der Waals surface area contributed by atoms with Crippen LogP contribution in [0.2, 0.25) is 0 Å². The van der Waals surface area contributed by atoms with Crippen LogP contribution in [0.15, 0.2) is 78.9 Å². The fourth-order valence-corrected chi connectivity index (χ4v) is 3.27. The lowest BCUT2D eigenvalue weighted by molar-refractivity contribution is 0.0707. The number of aromatic amines is 2. The van der Waals surface area contributed by atoms with E-state index in [0.29, 0.717) is 11.6 Å². The zero-order valence-corrected chi connectivity index (χ0v) is 17.7. The van der Waals surface area contributed by atoms with E-state index in [1.54, 1.807) is 0 Å². The fraction of sp³-hybridized carbons (Fsp3) is 0.0833. The van der Waals surface area contributed by atoms with Gasteiger partial charge in [0.05, 0.1) is 0 Å². The van der Waals surface area contributed by atoms with Gasteiger partial charge in [-0.1, -0.05) is 54.6 Å². The topological polar surface area (TPSA) is 136 Å². The molecule has 0 bridgehead atoms. The zero-order chi connectivity index (χ0) is 23.3. The minimum atomic E-state index is -0.697. The second kappa shape index (κ2) is 9.33. The summed E-state index contributed by atoms with van der Waals surface area (Å²) in [4.78, 5) is 33.1. The highest BCUT2D eigenvalue weighted by atomic mass is 16.5. The predicted octanol–water partition coefficient (Wildman–Crippen LogP) is 3.63. The van der Waals surface area contributed by atoms with Gasteiger partial charge in [-0.2, -0.15) is 5.10 Å². The van der Waals surface area contributed by atoms with Crippen LogP contribution in [0.4, 0.5) is 0 Å². The summed E-state index contributed by atoms with van der Waals surface area (Å²) >= 11 is 0. The maximum atomic E-state index is 12.4. The van der Waals surface area contributed by atoms with Crippen molar-refractivity contribution in [1.29, 1.82) is 0 Å². The molecule has 0 amide bonds. The van der Waals surface area contributed by atoms with Crippen LogP contribution in [0.1, 0.15) is 39.4 Å². The van der Waals surface area contributed by atoms with Gasteiger partial charge in [0.2, 0.25) is 5.82 Å². The minimum Gasteiger partial charge on any atom is -0.421 e. The molecule has 168 valence electrons. The van der Waals surface area contributed by atoms with E-state index in [4.69, 9.17) is 9.47 Å². The van der Waals surface area contributed by atoms with Gasteiger partial charge in [-0.05, 0) is 30.7 Å². The standard InChI is InChI=1S/C24H18N6O4/c31-23(21-25-19(27-29-21)15-7-3-1-4-8-15)33-17-11-13-18(14-12-17)34-24(32)22-26-20(28-30-22)16-9-5-2-6-10-16/h1-9,11-14,16H,10H2,(H,25,27,29)(H,26,28,30). The van der Waals surface area contributed by atoms with Crippen molar-refractivity contribution in [2.24, 2.45) is 0 Å². The summed E-state index contributed by atoms with van der Waals surface area (Å²) in [6.45, 7) is 0. The molecule has 2 heterocycles. The van der Waals surface area contributed by atoms with Gasteiger partial charge in [-0.3, -0.25) is 10.2 Å². The third kappa shape index (κ3) is 4.65. The van der Waals surface area contributed by atoms with Crippen molar-refractivity contribution in [2.75, 3.05) is 0 Å². The Kier molecular flexibility index (Phi) is 5.76. The highest BCUT2D eigenvalue weighted by Crippen LogP contribution is 2.22. The third-order valence-electron chi connectivity index (χ3n) is 4.97. The Labute approximate surface area is 193 Å². The monoisotopic (exact) mass is 454 g/mol. The summed E-state index contributed by atoms with van der Waals surface area (Å²) in [6.07, 6.45) is 8.66. The molecule has 1 aliphatic carbocycles. The van der Waals surface area contributed by atoms with Crippen LogP contribution in [-0.4, -0.2) is 42.3 Å². The summed E-state index contributed by atoms with van der Waals surface area (Å²) in [5.41, 5.74) is 0.773. The molecule has 0 spiro atoms. The molecule has 1 atom stereocenters. The molecule has 5 rings (SSSR count). The molecule has 0 radical (unpaired) electrons. The Morgan fingerprint density at radius 1 is 0.824 bits per heavy atom. The Balaban J connectivity index is 1.19. The second-order valence-corrected chi connectivity index (χ2v) is 7.32. The second-order valence-electron chi connectivity index (χ2n) is 7.32. The average Bonchev–Trinajstić information content (AvgIpc) is 3.57. The van der Waals surface area contributed by atoms with Gasteiger partial charge < -0.3 is 9.47 Å². The van der Waals surface area contributed by atoms with Crippen molar-refractivity contribution in [3.63, 3.8) is 0 Å². The van der Waals surface area contributed by atoms with E-state index >= 15 is 0 Å². The van der Waals surface area contributed by atoms with Crippen LogP contribution < -0.4 is 9.47 Å². The number of hydrogen-bond acceptors (Lipinski definition) is 8. The van der Waals surface area contributed by atoms with E-state index in [0.717, 1.165) is 12.0 Å². The first-order valence-electron chi connectivity index (χ1n) is 10.4. The van der Waals surface area contributed by atoms with Crippen LogP contribution in [0, 0.1) is 0 Å². The van der Waals surface area contributed by atoms with Crippen LogP contribution >= 0.6 is 0 Å². The van der Waals surface area contributed by atoms with Crippen LogP contribution in [0.3, 0.4) is 0 Å². The van der Waals surface area contributed by atoms with Crippen molar-refractivity contribution in [2.45, 2.75) is 12.3 Å². The van der Waals surface area contributed by atoms with Gasteiger partial charge in [-0.15, -0.1) is 5.10 Å².